The second kappa shape index (κ2) is 5.44. The molecule has 0 atom stereocenters. The Hall–Kier alpha value is -0.960. The smallest absolute Gasteiger partial charge is 0.264 e. The number of fused-ring (bicyclic) bond motifs is 1. The summed E-state index contributed by atoms with van der Waals surface area (Å²) in [4.78, 5) is 6.37. The molecule has 0 bridgehead atoms. The maximum absolute atomic E-state index is 12.2. The van der Waals surface area contributed by atoms with Crippen LogP contribution in [0.2, 0.25) is 0 Å². The van der Waals surface area contributed by atoms with Gasteiger partial charge >= 0.3 is 0 Å². The summed E-state index contributed by atoms with van der Waals surface area (Å²) in [6.07, 6.45) is 4.18. The Bertz CT molecular complexity index is 695. The van der Waals surface area contributed by atoms with Crippen molar-refractivity contribution in [1.29, 1.82) is 0 Å². The highest BCUT2D eigenvalue weighted by molar-refractivity contribution is 7.93. The van der Waals surface area contributed by atoms with Crippen LogP contribution in [0, 0.1) is 0 Å². The Balaban J connectivity index is 1.84. The van der Waals surface area contributed by atoms with Crippen molar-refractivity contribution in [2.24, 2.45) is 0 Å². The fourth-order valence-electron chi connectivity index (χ4n) is 2.15. The fraction of sp³-hybridized carbons (Fsp3) is 0.417. The minimum atomic E-state index is -3.60. The molecular formula is C12H14N2O3S3. The van der Waals surface area contributed by atoms with E-state index in [9.17, 15) is 8.42 Å². The Kier molecular flexibility index (Phi) is 3.80. The second-order valence-corrected chi connectivity index (χ2v) is 8.37. The molecule has 2 N–H and O–H groups in total. The van der Waals surface area contributed by atoms with Crippen molar-refractivity contribution in [3.8, 4) is 0 Å². The summed E-state index contributed by atoms with van der Waals surface area (Å²) in [5, 5.41) is 11.0. The number of aryl methyl sites for hydroxylation is 2. The maximum atomic E-state index is 12.2. The van der Waals surface area contributed by atoms with Crippen LogP contribution in [-0.4, -0.2) is 18.5 Å². The Labute approximate surface area is 125 Å². The first-order valence-corrected chi connectivity index (χ1v) is 9.46. The summed E-state index contributed by atoms with van der Waals surface area (Å²) in [6, 6.07) is 1.49. The van der Waals surface area contributed by atoms with Gasteiger partial charge in [-0.15, -0.1) is 22.7 Å². The number of hydrogen-bond acceptors (Lipinski definition) is 6. The molecule has 0 aromatic carbocycles. The van der Waals surface area contributed by atoms with Crippen LogP contribution in [-0.2, 0) is 29.5 Å². The highest BCUT2D eigenvalue weighted by Gasteiger charge is 2.21. The molecule has 2 heterocycles. The molecule has 8 heteroatoms. The van der Waals surface area contributed by atoms with Crippen LogP contribution in [0.5, 0.6) is 0 Å². The predicted octanol–water partition coefficient (Wildman–Crippen LogP) is 2.38. The third kappa shape index (κ3) is 2.73. The molecule has 5 nitrogen and oxygen atoms in total. The second-order valence-electron chi connectivity index (χ2n) is 4.61. The SMILES string of the molecule is O=S(=O)(Nc1nc2c(s1)CCCC2)c1csc(CO)c1. The molecular weight excluding hydrogens is 316 g/mol. The predicted molar refractivity (Wildman–Crippen MR) is 79.8 cm³/mol. The molecule has 0 fully saturated rings. The number of aromatic nitrogens is 1. The zero-order valence-electron chi connectivity index (χ0n) is 10.6. The Morgan fingerprint density at radius 2 is 2.15 bits per heavy atom. The van der Waals surface area contributed by atoms with E-state index in [4.69, 9.17) is 5.11 Å². The topological polar surface area (TPSA) is 79.3 Å². The largest absolute Gasteiger partial charge is 0.391 e. The number of nitrogens with zero attached hydrogens (tertiary/aromatic N) is 1. The summed E-state index contributed by atoms with van der Waals surface area (Å²) < 4.78 is 27.0. The van der Waals surface area contributed by atoms with E-state index in [0.29, 0.717) is 10.0 Å². The first kappa shape index (κ1) is 14.0. The van der Waals surface area contributed by atoms with E-state index in [1.165, 1.54) is 39.0 Å². The zero-order valence-corrected chi connectivity index (χ0v) is 13.1. The summed E-state index contributed by atoms with van der Waals surface area (Å²) in [5.41, 5.74) is 1.03. The van der Waals surface area contributed by atoms with Crippen molar-refractivity contribution >= 4 is 37.8 Å². The zero-order chi connectivity index (χ0) is 14.2. The Morgan fingerprint density at radius 1 is 1.35 bits per heavy atom. The number of hydrogen-bond donors (Lipinski definition) is 2. The molecule has 0 amide bonds. The van der Waals surface area contributed by atoms with E-state index in [1.54, 1.807) is 0 Å². The van der Waals surface area contributed by atoms with Crippen molar-refractivity contribution in [3.63, 3.8) is 0 Å². The first-order chi connectivity index (χ1) is 9.58. The molecule has 1 aliphatic rings. The van der Waals surface area contributed by atoms with Gasteiger partial charge in [-0.05, 0) is 31.7 Å². The third-order valence-corrected chi connectivity index (χ3v) is 6.75. The lowest BCUT2D eigenvalue weighted by molar-refractivity contribution is 0.285. The number of thiophene rings is 1. The molecule has 0 radical (unpaired) electrons. The van der Waals surface area contributed by atoms with Crippen LogP contribution in [0.15, 0.2) is 16.3 Å². The lowest BCUT2D eigenvalue weighted by Gasteiger charge is -2.06. The highest BCUT2D eigenvalue weighted by atomic mass is 32.2. The van der Waals surface area contributed by atoms with Gasteiger partial charge in [-0.2, -0.15) is 0 Å². The number of anilines is 1. The number of aliphatic hydroxyl groups excluding tert-OH is 1. The summed E-state index contributed by atoms with van der Waals surface area (Å²) >= 11 is 2.65. The van der Waals surface area contributed by atoms with Crippen molar-refractivity contribution in [2.45, 2.75) is 37.2 Å². The third-order valence-electron chi connectivity index (χ3n) is 3.16. The van der Waals surface area contributed by atoms with Crippen molar-refractivity contribution < 1.29 is 13.5 Å². The fourth-order valence-corrected chi connectivity index (χ4v) is 5.57. The monoisotopic (exact) mass is 330 g/mol. The standard InChI is InChI=1S/C12H14N2O3S3/c15-6-8-5-9(7-18-8)20(16,17)14-12-13-10-3-1-2-4-11(10)19-12/h5,7,15H,1-4,6H2,(H,13,14). The molecule has 2 aromatic heterocycles. The van der Waals surface area contributed by atoms with Gasteiger partial charge in [0.15, 0.2) is 5.13 Å². The van der Waals surface area contributed by atoms with Gasteiger partial charge in [-0.3, -0.25) is 4.72 Å². The van der Waals surface area contributed by atoms with Gasteiger partial charge in [0, 0.05) is 15.1 Å². The van der Waals surface area contributed by atoms with E-state index in [2.05, 4.69) is 9.71 Å². The summed E-state index contributed by atoms with van der Waals surface area (Å²) in [6.45, 7) is -0.147. The van der Waals surface area contributed by atoms with Crippen LogP contribution >= 0.6 is 22.7 Å². The van der Waals surface area contributed by atoms with Gasteiger partial charge in [0.25, 0.3) is 10.0 Å². The Morgan fingerprint density at radius 3 is 2.85 bits per heavy atom. The average molecular weight is 330 g/mol. The van der Waals surface area contributed by atoms with Gasteiger partial charge < -0.3 is 5.11 Å². The summed E-state index contributed by atoms with van der Waals surface area (Å²) in [7, 11) is -3.60. The average Bonchev–Trinajstić information content (AvgIpc) is 3.04. The van der Waals surface area contributed by atoms with Gasteiger partial charge in [0.1, 0.15) is 0 Å². The van der Waals surface area contributed by atoms with Gasteiger partial charge in [-0.1, -0.05) is 0 Å². The normalized spacial score (nSPS) is 15.1. The van der Waals surface area contributed by atoms with Gasteiger partial charge in [0.2, 0.25) is 0 Å². The first-order valence-electron chi connectivity index (χ1n) is 6.28. The molecule has 108 valence electrons. The molecule has 3 rings (SSSR count). The van der Waals surface area contributed by atoms with Crippen LogP contribution < -0.4 is 4.72 Å². The van der Waals surface area contributed by atoms with Crippen molar-refractivity contribution in [3.05, 3.63) is 26.9 Å². The van der Waals surface area contributed by atoms with Crippen LogP contribution in [0.25, 0.3) is 0 Å². The molecule has 0 saturated heterocycles. The number of thiazole rings is 1. The number of nitrogens with one attached hydrogen (secondary N) is 1. The number of sulfonamides is 1. The number of rotatable bonds is 4. The van der Waals surface area contributed by atoms with E-state index in [1.807, 2.05) is 0 Å². The molecule has 2 aromatic rings. The lowest BCUT2D eigenvalue weighted by Crippen LogP contribution is -2.12. The summed E-state index contributed by atoms with van der Waals surface area (Å²) in [5.74, 6) is 0. The van der Waals surface area contributed by atoms with Crippen LogP contribution in [0.3, 0.4) is 0 Å². The molecule has 1 aliphatic carbocycles. The van der Waals surface area contributed by atoms with Gasteiger partial charge in [0.05, 0.1) is 17.2 Å². The van der Waals surface area contributed by atoms with Crippen molar-refractivity contribution in [1.82, 2.24) is 4.98 Å². The molecule has 0 spiro atoms. The van der Waals surface area contributed by atoms with E-state index >= 15 is 0 Å². The van der Waals surface area contributed by atoms with Crippen LogP contribution in [0.1, 0.15) is 28.3 Å². The minimum Gasteiger partial charge on any atom is -0.391 e. The maximum Gasteiger partial charge on any atom is 0.264 e. The number of aliphatic hydroxyl groups is 1. The molecule has 0 unspecified atom stereocenters. The van der Waals surface area contributed by atoms with E-state index < -0.39 is 10.0 Å². The van der Waals surface area contributed by atoms with Crippen molar-refractivity contribution in [2.75, 3.05) is 4.72 Å². The van der Waals surface area contributed by atoms with E-state index in [0.717, 1.165) is 31.4 Å². The molecule has 0 saturated carbocycles. The van der Waals surface area contributed by atoms with Gasteiger partial charge in [-0.25, -0.2) is 13.4 Å². The molecule has 20 heavy (non-hydrogen) atoms. The quantitative estimate of drug-likeness (QED) is 0.902. The highest BCUT2D eigenvalue weighted by Crippen LogP contribution is 2.31. The lowest BCUT2D eigenvalue weighted by atomic mass is 10.0. The van der Waals surface area contributed by atoms with E-state index in [-0.39, 0.29) is 11.5 Å². The van der Waals surface area contributed by atoms with Crippen LogP contribution in [0.4, 0.5) is 5.13 Å². The molecule has 0 aliphatic heterocycles. The minimum absolute atomic E-state index is 0.147.